The molecule has 0 bridgehead atoms. The minimum Gasteiger partial charge on any atom is -0.433 e. The highest BCUT2D eigenvalue weighted by Crippen LogP contribution is 2.32. The summed E-state index contributed by atoms with van der Waals surface area (Å²) in [5, 5.41) is 5.85. The van der Waals surface area contributed by atoms with Crippen LogP contribution in [0, 0.1) is 19.1 Å². The molecule has 4 rings (SSSR count). The summed E-state index contributed by atoms with van der Waals surface area (Å²) in [7, 11) is 0. The number of esters is 1. The van der Waals surface area contributed by atoms with Crippen LogP contribution in [0.3, 0.4) is 0 Å². The van der Waals surface area contributed by atoms with Crippen LogP contribution in [0.15, 0.2) is 41.8 Å². The quantitative estimate of drug-likeness (QED) is 0.741. The first-order valence-corrected chi connectivity index (χ1v) is 8.01. The minimum absolute atomic E-state index is 0.385. The normalized spacial score (nSPS) is 15.7. The number of aryl methyl sites for hydroxylation is 1. The number of hydrogen-bond acceptors (Lipinski definition) is 5. The van der Waals surface area contributed by atoms with E-state index in [0.717, 1.165) is 16.8 Å². The average molecular weight is 320 g/mol. The predicted molar refractivity (Wildman–Crippen MR) is 88.2 cm³/mol. The molecule has 0 fully saturated rings. The van der Waals surface area contributed by atoms with Crippen molar-refractivity contribution in [1.29, 1.82) is 0 Å². The molecular formula is C18H12N2O2S. The third-order valence-electron chi connectivity index (χ3n) is 3.65. The summed E-state index contributed by atoms with van der Waals surface area (Å²) >= 11 is 1.48. The summed E-state index contributed by atoms with van der Waals surface area (Å²) < 4.78 is 5.33. The van der Waals surface area contributed by atoms with Crippen molar-refractivity contribution in [2.75, 3.05) is 5.32 Å². The van der Waals surface area contributed by atoms with Gasteiger partial charge in [0.25, 0.3) is 0 Å². The van der Waals surface area contributed by atoms with E-state index >= 15 is 0 Å². The van der Waals surface area contributed by atoms with Crippen LogP contribution in [0.25, 0.3) is 11.3 Å². The molecule has 23 heavy (non-hydrogen) atoms. The summed E-state index contributed by atoms with van der Waals surface area (Å²) in [4.78, 5) is 16.4. The van der Waals surface area contributed by atoms with Gasteiger partial charge in [0.05, 0.1) is 5.69 Å². The Bertz CT molecular complexity index is 871. The maximum Gasteiger partial charge on any atom is 0.349 e. The Kier molecular flexibility index (Phi) is 3.25. The number of fused-ring (bicyclic) bond motifs is 1. The largest absolute Gasteiger partial charge is 0.433 e. The summed E-state index contributed by atoms with van der Waals surface area (Å²) in [6.45, 7) is 2.05. The molecule has 1 aliphatic rings. The molecule has 5 heteroatoms. The Balaban J connectivity index is 1.57. The molecule has 2 aromatic carbocycles. The maximum atomic E-state index is 11.8. The predicted octanol–water partition coefficient (Wildman–Crippen LogP) is 4.00. The number of hydrogen-bond donors (Lipinski definition) is 1. The van der Waals surface area contributed by atoms with E-state index in [1.807, 2.05) is 23.6 Å². The fraction of sp³-hybridized carbons (Fsp3) is 0.111. The van der Waals surface area contributed by atoms with Crippen molar-refractivity contribution in [3.8, 4) is 11.3 Å². The number of aromatic nitrogens is 1. The Labute approximate surface area is 137 Å². The van der Waals surface area contributed by atoms with Crippen molar-refractivity contribution in [2.45, 2.75) is 13.2 Å². The van der Waals surface area contributed by atoms with Crippen molar-refractivity contribution >= 4 is 22.4 Å². The highest BCUT2D eigenvalue weighted by Gasteiger charge is 2.31. The molecule has 0 amide bonds. The molecule has 0 radical (unpaired) electrons. The van der Waals surface area contributed by atoms with Gasteiger partial charge >= 0.3 is 5.97 Å². The molecule has 2 heterocycles. The summed E-state index contributed by atoms with van der Waals surface area (Å²) in [5.41, 5.74) is 4.37. The second-order valence-electron chi connectivity index (χ2n) is 5.27. The highest BCUT2D eigenvalue weighted by molar-refractivity contribution is 7.14. The summed E-state index contributed by atoms with van der Waals surface area (Å²) in [6.07, 6.45) is -0.527. The lowest BCUT2D eigenvalue weighted by molar-refractivity contribution is 0.0437. The Morgan fingerprint density at radius 2 is 2.09 bits per heavy atom. The van der Waals surface area contributed by atoms with Gasteiger partial charge in [0.15, 0.2) is 5.13 Å². The third kappa shape index (κ3) is 2.54. The van der Waals surface area contributed by atoms with Crippen LogP contribution in [0.2, 0.25) is 0 Å². The first-order valence-electron chi connectivity index (χ1n) is 7.13. The van der Waals surface area contributed by atoms with Gasteiger partial charge < -0.3 is 10.1 Å². The number of benzene rings is 1. The second-order valence-corrected chi connectivity index (χ2v) is 6.12. The van der Waals surface area contributed by atoms with Gasteiger partial charge in [-0.25, -0.2) is 9.78 Å². The monoisotopic (exact) mass is 320 g/mol. The Morgan fingerprint density at radius 3 is 2.91 bits per heavy atom. The van der Waals surface area contributed by atoms with Crippen LogP contribution in [-0.4, -0.2) is 11.0 Å². The number of nitrogens with one attached hydrogen (secondary N) is 1. The topological polar surface area (TPSA) is 51.2 Å². The van der Waals surface area contributed by atoms with Crippen molar-refractivity contribution in [2.24, 2.45) is 0 Å². The van der Waals surface area contributed by atoms with E-state index in [4.69, 9.17) is 4.74 Å². The number of nitrogens with zero attached hydrogens (tertiary/aromatic N) is 1. The summed E-state index contributed by atoms with van der Waals surface area (Å²) in [6, 6.07) is 17.3. The Hall–Kier alpha value is -2.84. The first kappa shape index (κ1) is 13.8. The zero-order valence-corrected chi connectivity index (χ0v) is 13.1. The van der Waals surface area contributed by atoms with Crippen LogP contribution in [0.4, 0.5) is 5.13 Å². The van der Waals surface area contributed by atoms with Crippen LogP contribution in [0.5, 0.6) is 0 Å². The number of rotatable bonds is 3. The fourth-order valence-corrected chi connectivity index (χ4v) is 3.17. The molecule has 0 aliphatic carbocycles. The van der Waals surface area contributed by atoms with Gasteiger partial charge in [0, 0.05) is 16.5 Å². The number of ether oxygens (including phenoxy) is 1. The number of carbonyl (C=O) groups excluding carboxylic acids is 1. The molecule has 0 saturated carbocycles. The van der Waals surface area contributed by atoms with Crippen molar-refractivity contribution in [1.82, 2.24) is 4.98 Å². The van der Waals surface area contributed by atoms with Crippen LogP contribution >= 0.6 is 11.3 Å². The van der Waals surface area contributed by atoms with Crippen LogP contribution < -0.4 is 5.32 Å². The van der Waals surface area contributed by atoms with E-state index in [2.05, 4.69) is 41.5 Å². The number of thiazole rings is 1. The number of cyclic esters (lactones) is 1. The van der Waals surface area contributed by atoms with Gasteiger partial charge in [-0.15, -0.1) is 11.3 Å². The molecule has 112 valence electrons. The molecule has 1 aliphatic heterocycles. The van der Waals surface area contributed by atoms with E-state index in [1.165, 1.54) is 16.9 Å². The van der Waals surface area contributed by atoms with Crippen molar-refractivity contribution < 1.29 is 9.53 Å². The lowest BCUT2D eigenvalue weighted by Crippen LogP contribution is -2.09. The molecule has 1 N–H and O–H groups in total. The number of carbonyl (C=O) groups is 1. The van der Waals surface area contributed by atoms with Gasteiger partial charge in [-0.2, -0.15) is 0 Å². The number of anilines is 1. The first-order chi connectivity index (χ1) is 11.2. The van der Waals surface area contributed by atoms with Gasteiger partial charge in [0.1, 0.15) is 5.56 Å². The molecule has 1 aromatic heterocycles. The molecule has 1 atom stereocenters. The second kappa shape index (κ2) is 5.41. The maximum absolute atomic E-state index is 11.8. The zero-order valence-electron chi connectivity index (χ0n) is 12.3. The van der Waals surface area contributed by atoms with Gasteiger partial charge in [0.2, 0.25) is 6.23 Å². The van der Waals surface area contributed by atoms with Crippen LogP contribution in [-0.2, 0) is 4.74 Å². The van der Waals surface area contributed by atoms with E-state index in [9.17, 15) is 4.79 Å². The molecule has 0 saturated heterocycles. The van der Waals surface area contributed by atoms with E-state index in [0.29, 0.717) is 10.7 Å². The van der Waals surface area contributed by atoms with E-state index in [-0.39, 0.29) is 5.97 Å². The van der Waals surface area contributed by atoms with Crippen LogP contribution in [0.1, 0.15) is 27.7 Å². The van der Waals surface area contributed by atoms with E-state index in [1.54, 1.807) is 6.07 Å². The summed E-state index contributed by atoms with van der Waals surface area (Å²) in [5.74, 6) is -0.385. The van der Waals surface area contributed by atoms with Crippen molar-refractivity contribution in [3.63, 3.8) is 0 Å². The van der Waals surface area contributed by atoms with Gasteiger partial charge in [-0.1, -0.05) is 42.0 Å². The third-order valence-corrected chi connectivity index (χ3v) is 4.42. The van der Waals surface area contributed by atoms with E-state index < -0.39 is 6.23 Å². The lowest BCUT2D eigenvalue weighted by atomic mass is 10.1. The standard InChI is InChI=1S/C18H12N2O2S/c1-11-6-8-12(9-7-11)15-10-23-18(19-15)20-16-13-4-2-3-5-14(13)17(21)22-16/h2,4,6-10,16H,1H3,(H,19,20)/t16-/m1/s1. The van der Waals surface area contributed by atoms with Gasteiger partial charge in [-0.3, -0.25) is 0 Å². The zero-order chi connectivity index (χ0) is 15.8. The lowest BCUT2D eigenvalue weighted by Gasteiger charge is -2.11. The Morgan fingerprint density at radius 1 is 1.26 bits per heavy atom. The fourth-order valence-electron chi connectivity index (χ4n) is 2.43. The SMILES string of the molecule is Cc1ccc(-c2csc(N[C@@H]3OC(=O)c4c#cccc43)n2)cc1. The molecule has 0 unspecified atom stereocenters. The highest BCUT2D eigenvalue weighted by atomic mass is 32.1. The molecule has 4 nitrogen and oxygen atoms in total. The van der Waals surface area contributed by atoms with Gasteiger partial charge in [-0.05, 0) is 19.1 Å². The molecule has 0 spiro atoms. The molecule has 3 aromatic rings. The molecular weight excluding hydrogens is 308 g/mol. The average Bonchev–Trinajstić information content (AvgIpc) is 3.15. The van der Waals surface area contributed by atoms with Crippen molar-refractivity contribution in [3.05, 3.63) is 70.6 Å². The smallest absolute Gasteiger partial charge is 0.349 e. The minimum atomic E-state index is -0.527.